The first-order valence-corrected chi connectivity index (χ1v) is 9.84. The third-order valence-electron chi connectivity index (χ3n) is 5.89. The number of fused-ring (bicyclic) bond motifs is 2. The normalized spacial score (nSPS) is 21.6. The zero-order chi connectivity index (χ0) is 17.8. The van der Waals surface area contributed by atoms with Crippen LogP contribution < -0.4 is 4.74 Å². The van der Waals surface area contributed by atoms with E-state index >= 15 is 0 Å². The number of hydrogen-bond donors (Lipinski definition) is 0. The van der Waals surface area contributed by atoms with Gasteiger partial charge < -0.3 is 4.74 Å². The van der Waals surface area contributed by atoms with Crippen molar-refractivity contribution in [2.45, 2.75) is 51.4 Å². The number of benzene rings is 2. The predicted octanol–water partition coefficient (Wildman–Crippen LogP) is 6.73. The summed E-state index contributed by atoms with van der Waals surface area (Å²) in [5.74, 6) is 0.972. The third-order valence-corrected chi connectivity index (χ3v) is 6.38. The predicted molar refractivity (Wildman–Crippen MR) is 109 cm³/mol. The van der Waals surface area contributed by atoms with Gasteiger partial charge in [-0.1, -0.05) is 61.8 Å². The molecule has 0 spiro atoms. The maximum absolute atomic E-state index is 5.85. The molecule has 1 heterocycles. The minimum absolute atomic E-state index is 0.244. The topological polar surface area (TPSA) is 9.23 Å². The molecule has 0 aromatic heterocycles. The van der Waals surface area contributed by atoms with Gasteiger partial charge in [-0.25, -0.2) is 0 Å². The molecule has 2 aromatic rings. The van der Waals surface area contributed by atoms with Gasteiger partial charge >= 0.3 is 0 Å². The second-order valence-corrected chi connectivity index (χ2v) is 9.59. The van der Waals surface area contributed by atoms with Crippen molar-refractivity contribution < 1.29 is 4.74 Å². The van der Waals surface area contributed by atoms with E-state index in [2.05, 4.69) is 86.1 Å². The van der Waals surface area contributed by atoms with E-state index in [4.69, 9.17) is 4.74 Å². The quantitative estimate of drug-likeness (QED) is 0.518. The average Bonchev–Trinajstić information content (AvgIpc) is 2.94. The summed E-state index contributed by atoms with van der Waals surface area (Å²) in [5, 5.41) is 0. The number of ether oxygens (including phenoxy) is 1. The molecule has 2 aliphatic rings. The van der Waals surface area contributed by atoms with Gasteiger partial charge in [0.1, 0.15) is 12.4 Å². The summed E-state index contributed by atoms with van der Waals surface area (Å²) in [4.78, 5) is 0. The van der Waals surface area contributed by atoms with Gasteiger partial charge in [0, 0.05) is 15.6 Å². The Bertz CT molecular complexity index is 874. The minimum atomic E-state index is 0.244. The van der Waals surface area contributed by atoms with E-state index in [1.54, 1.807) is 0 Å². The lowest BCUT2D eigenvalue weighted by Gasteiger charge is -2.42. The summed E-state index contributed by atoms with van der Waals surface area (Å²) in [6.07, 6.45) is 4.79. The van der Waals surface area contributed by atoms with Crippen LogP contribution in [0.2, 0.25) is 0 Å². The van der Waals surface area contributed by atoms with Crippen LogP contribution in [0.15, 0.2) is 40.9 Å². The summed E-state index contributed by atoms with van der Waals surface area (Å²) in [7, 11) is 0. The molecule has 1 aliphatic heterocycles. The minimum Gasteiger partial charge on any atom is -0.488 e. The van der Waals surface area contributed by atoms with E-state index in [1.807, 2.05) is 0 Å². The molecule has 0 saturated heterocycles. The molecule has 0 N–H and O–H groups in total. The first kappa shape index (κ1) is 16.9. The molecule has 4 rings (SSSR count). The maximum atomic E-state index is 5.85. The van der Waals surface area contributed by atoms with Crippen molar-refractivity contribution in [1.29, 1.82) is 0 Å². The van der Waals surface area contributed by atoms with Crippen LogP contribution in [-0.2, 0) is 10.8 Å². The van der Waals surface area contributed by atoms with Gasteiger partial charge in [0.25, 0.3) is 0 Å². The van der Waals surface area contributed by atoms with Crippen LogP contribution >= 0.6 is 15.9 Å². The molecule has 0 bridgehead atoms. The fourth-order valence-corrected chi connectivity index (χ4v) is 4.47. The van der Waals surface area contributed by atoms with E-state index in [9.17, 15) is 0 Å². The molecular formula is C23H25BrO. The molecule has 130 valence electrons. The van der Waals surface area contributed by atoms with Crippen LogP contribution in [0.3, 0.4) is 0 Å². The Balaban J connectivity index is 1.77. The second kappa shape index (κ2) is 5.74. The molecule has 1 aliphatic carbocycles. The van der Waals surface area contributed by atoms with Crippen LogP contribution in [0.5, 0.6) is 5.75 Å². The van der Waals surface area contributed by atoms with Crippen molar-refractivity contribution in [1.82, 2.24) is 0 Å². The fraction of sp³-hybridized carbons (Fsp3) is 0.391. The molecule has 0 saturated carbocycles. The molecule has 0 fully saturated rings. The highest BCUT2D eigenvalue weighted by atomic mass is 79.9. The lowest BCUT2D eigenvalue weighted by atomic mass is 9.63. The zero-order valence-corrected chi connectivity index (χ0v) is 17.0. The van der Waals surface area contributed by atoms with Gasteiger partial charge in [-0.05, 0) is 64.6 Å². The molecule has 1 nitrogen and oxygen atoms in total. The summed E-state index contributed by atoms with van der Waals surface area (Å²) >= 11 is 3.52. The third kappa shape index (κ3) is 2.95. The standard InChI is InChI=1S/C23H25BrO/c1-22(2)9-10-23(3,4)20-12-15(5-8-19(20)22)11-16-14-25-21-13-17(24)6-7-18(16)21/h5-8,11-13H,9-10,14H2,1-4H3/b16-11+. The molecule has 0 amide bonds. The van der Waals surface area contributed by atoms with Crippen molar-refractivity contribution in [3.63, 3.8) is 0 Å². The van der Waals surface area contributed by atoms with Crippen LogP contribution in [0.25, 0.3) is 11.6 Å². The van der Waals surface area contributed by atoms with E-state index < -0.39 is 0 Å². The average molecular weight is 397 g/mol. The lowest BCUT2D eigenvalue weighted by molar-refractivity contribution is 0.332. The van der Waals surface area contributed by atoms with Crippen LogP contribution in [-0.4, -0.2) is 6.61 Å². The highest BCUT2D eigenvalue weighted by Crippen LogP contribution is 2.46. The number of rotatable bonds is 1. The molecule has 0 atom stereocenters. The second-order valence-electron chi connectivity index (χ2n) is 8.67. The van der Waals surface area contributed by atoms with Gasteiger partial charge in [-0.2, -0.15) is 0 Å². The molecule has 0 radical (unpaired) electrons. The summed E-state index contributed by atoms with van der Waals surface area (Å²) < 4.78 is 6.91. The Hall–Kier alpha value is -1.54. The SMILES string of the molecule is CC1(C)CCC(C)(C)c2cc(/C=C3\COc4cc(Br)ccc43)ccc21. The van der Waals surface area contributed by atoms with Gasteiger partial charge in [0.15, 0.2) is 0 Å². The van der Waals surface area contributed by atoms with E-state index in [1.165, 1.54) is 40.7 Å². The van der Waals surface area contributed by atoms with Gasteiger partial charge in [-0.15, -0.1) is 0 Å². The summed E-state index contributed by atoms with van der Waals surface area (Å²) in [6.45, 7) is 10.2. The first-order valence-electron chi connectivity index (χ1n) is 9.05. The molecule has 2 heteroatoms. The van der Waals surface area contributed by atoms with Gasteiger partial charge in [0.2, 0.25) is 0 Å². The zero-order valence-electron chi connectivity index (χ0n) is 15.4. The van der Waals surface area contributed by atoms with Crippen LogP contribution in [0, 0.1) is 0 Å². The Morgan fingerprint density at radius 3 is 2.40 bits per heavy atom. The smallest absolute Gasteiger partial charge is 0.128 e. The van der Waals surface area contributed by atoms with Crippen LogP contribution in [0.4, 0.5) is 0 Å². The fourth-order valence-electron chi connectivity index (χ4n) is 4.13. The van der Waals surface area contributed by atoms with Crippen molar-refractivity contribution >= 4 is 27.6 Å². The van der Waals surface area contributed by atoms with Gasteiger partial charge in [-0.3, -0.25) is 0 Å². The van der Waals surface area contributed by atoms with Crippen molar-refractivity contribution in [2.24, 2.45) is 0 Å². The van der Waals surface area contributed by atoms with E-state index in [0.717, 1.165) is 10.2 Å². The van der Waals surface area contributed by atoms with E-state index in [0.29, 0.717) is 6.61 Å². The summed E-state index contributed by atoms with van der Waals surface area (Å²) in [5.41, 5.74) is 7.28. The highest BCUT2D eigenvalue weighted by Gasteiger charge is 2.36. The number of halogens is 1. The molecular weight excluding hydrogens is 372 g/mol. The molecule has 0 unspecified atom stereocenters. The Morgan fingerprint density at radius 1 is 0.920 bits per heavy atom. The monoisotopic (exact) mass is 396 g/mol. The van der Waals surface area contributed by atoms with Crippen LogP contribution in [0.1, 0.15) is 62.8 Å². The van der Waals surface area contributed by atoms with Crippen molar-refractivity contribution in [3.05, 3.63) is 63.1 Å². The van der Waals surface area contributed by atoms with Crippen molar-refractivity contribution in [2.75, 3.05) is 6.61 Å². The van der Waals surface area contributed by atoms with E-state index in [-0.39, 0.29) is 10.8 Å². The Kier molecular flexibility index (Phi) is 3.88. The van der Waals surface area contributed by atoms with Crippen molar-refractivity contribution in [3.8, 4) is 5.75 Å². The number of hydrogen-bond acceptors (Lipinski definition) is 1. The molecule has 2 aromatic carbocycles. The Labute approximate surface area is 159 Å². The maximum Gasteiger partial charge on any atom is 0.128 e. The first-order chi connectivity index (χ1) is 11.8. The Morgan fingerprint density at radius 2 is 1.64 bits per heavy atom. The van der Waals surface area contributed by atoms with Gasteiger partial charge in [0.05, 0.1) is 0 Å². The molecule has 25 heavy (non-hydrogen) atoms. The highest BCUT2D eigenvalue weighted by molar-refractivity contribution is 9.10. The summed E-state index contributed by atoms with van der Waals surface area (Å²) in [6, 6.07) is 13.3. The lowest BCUT2D eigenvalue weighted by Crippen LogP contribution is -2.33. The largest absolute Gasteiger partial charge is 0.488 e.